The minimum atomic E-state index is -1.24. The van der Waals surface area contributed by atoms with Crippen molar-refractivity contribution in [1.82, 2.24) is 4.90 Å². The van der Waals surface area contributed by atoms with Gasteiger partial charge in [0.1, 0.15) is 11.4 Å². The maximum Gasteiger partial charge on any atom is 0.163 e. The van der Waals surface area contributed by atoms with E-state index in [1.807, 2.05) is 0 Å². The van der Waals surface area contributed by atoms with Gasteiger partial charge in [0.25, 0.3) is 0 Å². The minimum absolute atomic E-state index is 0.0948. The van der Waals surface area contributed by atoms with Crippen molar-refractivity contribution >= 4 is 17.1 Å². The molecule has 0 aliphatic rings. The quantitative estimate of drug-likeness (QED) is 0.360. The lowest BCUT2D eigenvalue weighted by molar-refractivity contribution is -0.991. The summed E-state index contributed by atoms with van der Waals surface area (Å²) in [5.74, 6) is 0. The fourth-order valence-electron chi connectivity index (χ4n) is 3.19. The molecule has 31 heavy (non-hydrogen) atoms. The predicted octanol–water partition coefficient (Wildman–Crippen LogP) is 0.316. The third-order valence-electron chi connectivity index (χ3n) is 4.80. The zero-order chi connectivity index (χ0) is 22.4. The van der Waals surface area contributed by atoms with E-state index >= 15 is 0 Å². The average molecular weight is 426 g/mol. The molecule has 0 aliphatic heterocycles. The molecule has 0 aliphatic carbocycles. The number of hydrogen-bond acceptors (Lipinski definition) is 7. The lowest BCUT2D eigenvalue weighted by atomic mass is 10.1. The first-order chi connectivity index (χ1) is 14.8. The van der Waals surface area contributed by atoms with Crippen molar-refractivity contribution in [3.05, 3.63) is 116 Å². The van der Waals surface area contributed by atoms with Crippen LogP contribution in [0.15, 0.2) is 72.8 Å². The third kappa shape index (κ3) is 6.62. The number of nitrogens with zero attached hydrogens (tertiary/aromatic N) is 1. The lowest BCUT2D eigenvalue weighted by Gasteiger charge is -2.26. The first-order valence-electron chi connectivity index (χ1n) is 9.47. The van der Waals surface area contributed by atoms with Gasteiger partial charge in [-0.15, -0.1) is 0 Å². The van der Waals surface area contributed by atoms with E-state index in [2.05, 4.69) is 4.90 Å². The van der Waals surface area contributed by atoms with Crippen LogP contribution in [0.3, 0.4) is 0 Å². The van der Waals surface area contributed by atoms with Gasteiger partial charge in [-0.1, -0.05) is 36.4 Å². The Morgan fingerprint density at radius 3 is 1.06 bits per heavy atom. The van der Waals surface area contributed by atoms with Crippen molar-refractivity contribution in [1.29, 1.82) is 0 Å². The van der Waals surface area contributed by atoms with Crippen LogP contribution in [0, 0.1) is 26.0 Å². The zero-order valence-corrected chi connectivity index (χ0v) is 16.5. The number of hydrogen-bond donors (Lipinski definition) is 4. The molecule has 0 heterocycles. The van der Waals surface area contributed by atoms with Crippen LogP contribution >= 0.6 is 0 Å². The van der Waals surface area contributed by atoms with E-state index in [0.29, 0.717) is 19.6 Å². The second-order valence-corrected chi connectivity index (χ2v) is 7.12. The summed E-state index contributed by atoms with van der Waals surface area (Å²) in [6.45, 7) is 1.50. The van der Waals surface area contributed by atoms with E-state index < -0.39 is 15.7 Å². The Kier molecular flexibility index (Phi) is 7.79. The number of nitrogens with one attached hydrogen (secondary N) is 3. The second-order valence-electron chi connectivity index (χ2n) is 7.12. The Labute approximate surface area is 178 Å². The van der Waals surface area contributed by atoms with Crippen LogP contribution < -0.4 is 15.7 Å². The molecule has 4 N–H and O–H groups in total. The Hall–Kier alpha value is -2.74. The van der Waals surface area contributed by atoms with Crippen molar-refractivity contribution < 1.29 is 20.9 Å². The Morgan fingerprint density at radius 1 is 0.516 bits per heavy atom. The van der Waals surface area contributed by atoms with Crippen molar-refractivity contribution in [2.75, 3.05) is 0 Å². The van der Waals surface area contributed by atoms with Gasteiger partial charge in [-0.25, -0.2) is 5.21 Å². The molecule has 0 bridgehead atoms. The summed E-state index contributed by atoms with van der Waals surface area (Å²) in [5.41, 5.74) is 3.07. The van der Waals surface area contributed by atoms with Crippen LogP contribution in [0.25, 0.3) is 0 Å². The van der Waals surface area contributed by atoms with Gasteiger partial charge in [-0.2, -0.15) is 5.23 Å². The number of quaternary nitrogens is 3. The first kappa shape index (κ1) is 22.9. The van der Waals surface area contributed by atoms with Gasteiger partial charge >= 0.3 is 0 Å². The van der Waals surface area contributed by atoms with E-state index in [9.17, 15) is 26.0 Å². The van der Waals surface area contributed by atoms with E-state index in [1.165, 1.54) is 24.3 Å². The highest BCUT2D eigenvalue weighted by atomic mass is 16.8. The molecule has 0 saturated heterocycles. The first-order valence-corrected chi connectivity index (χ1v) is 9.47. The molecule has 0 radical (unpaired) electrons. The molecule has 0 amide bonds. The normalized spacial score (nSPS) is 12.7. The summed E-state index contributed by atoms with van der Waals surface area (Å²) in [6, 6.07) is 19.4. The molecule has 0 fully saturated rings. The Balaban J connectivity index is 1.78. The van der Waals surface area contributed by atoms with E-state index in [1.54, 1.807) is 48.5 Å². The predicted molar refractivity (Wildman–Crippen MR) is 113 cm³/mol. The van der Waals surface area contributed by atoms with Gasteiger partial charge in [0, 0.05) is 31.8 Å². The number of benzene rings is 3. The monoisotopic (exact) mass is 426 g/mol. The minimum Gasteiger partial charge on any atom is -0.628 e. The van der Waals surface area contributed by atoms with Gasteiger partial charge in [0.05, 0.1) is 0 Å². The van der Waals surface area contributed by atoms with Crippen LogP contribution in [0.4, 0.5) is 17.1 Å². The third-order valence-corrected chi connectivity index (χ3v) is 4.80. The molecule has 0 aromatic heterocycles. The Morgan fingerprint density at radius 2 is 0.806 bits per heavy atom. The van der Waals surface area contributed by atoms with E-state index in [4.69, 9.17) is 5.21 Å². The van der Waals surface area contributed by atoms with Gasteiger partial charge in [0.2, 0.25) is 0 Å². The summed E-state index contributed by atoms with van der Waals surface area (Å²) in [7, 11) is 0. The van der Waals surface area contributed by atoms with Gasteiger partial charge in [-0.05, 0) is 41.0 Å². The summed E-state index contributed by atoms with van der Waals surface area (Å²) in [4.78, 5) is 2.08. The highest BCUT2D eigenvalue weighted by Crippen LogP contribution is 2.17. The van der Waals surface area contributed by atoms with Crippen molar-refractivity contribution in [2.45, 2.75) is 19.6 Å². The topological polar surface area (TPSA) is 152 Å². The fraction of sp³-hybridized carbons (Fsp3) is 0.143. The van der Waals surface area contributed by atoms with Crippen LogP contribution in [0.2, 0.25) is 0 Å². The highest BCUT2D eigenvalue weighted by molar-refractivity contribution is 5.35. The molecule has 3 aromatic carbocycles. The summed E-state index contributed by atoms with van der Waals surface area (Å²) in [5, 5.41) is 60.5. The molecule has 3 rings (SSSR count). The molecule has 0 spiro atoms. The SMILES string of the molecule is [O-][NH+]([O-])c1ccc(CN(Cc2ccc([NH+]([O-])[O-])cc2)Cc2ccc([NH+]([O-])O)cc2)cc1. The Bertz CT molecular complexity index is 820. The number of rotatable bonds is 9. The van der Waals surface area contributed by atoms with Crippen LogP contribution in [-0.4, -0.2) is 10.1 Å². The fourth-order valence-corrected chi connectivity index (χ4v) is 3.19. The summed E-state index contributed by atoms with van der Waals surface area (Å²) < 4.78 is 0. The average Bonchev–Trinajstić information content (AvgIpc) is 2.75. The molecule has 10 heteroatoms. The van der Waals surface area contributed by atoms with Gasteiger partial charge in [-0.3, -0.25) is 4.90 Å². The molecule has 164 valence electrons. The van der Waals surface area contributed by atoms with Crippen molar-refractivity contribution in [3.63, 3.8) is 0 Å². The standard InChI is InChI=1S/C21H22N4O6/c26-23(27)19-7-1-16(2-8-19)13-22(14-17-3-9-20(10-4-17)24(28)29)15-18-5-11-21(12-6-18)25(30)31/h1-12,23-26H,13-15H2/q-2. The lowest BCUT2D eigenvalue weighted by Crippen LogP contribution is -2.99. The van der Waals surface area contributed by atoms with Gasteiger partial charge in [0.15, 0.2) is 5.69 Å². The summed E-state index contributed by atoms with van der Waals surface area (Å²) >= 11 is 0. The molecule has 1 unspecified atom stereocenters. The molecular formula is C21H22N4O6-2. The maximum atomic E-state index is 11.1. The molecule has 1 atom stereocenters. The van der Waals surface area contributed by atoms with E-state index in [-0.39, 0.29) is 17.1 Å². The van der Waals surface area contributed by atoms with Crippen LogP contribution in [-0.2, 0) is 19.6 Å². The molecule has 3 aromatic rings. The molecular weight excluding hydrogens is 404 g/mol. The maximum absolute atomic E-state index is 11.1. The molecule has 10 nitrogen and oxygen atoms in total. The van der Waals surface area contributed by atoms with Crippen LogP contribution in [0.1, 0.15) is 16.7 Å². The van der Waals surface area contributed by atoms with Crippen molar-refractivity contribution in [3.8, 4) is 0 Å². The zero-order valence-electron chi connectivity index (χ0n) is 16.5. The van der Waals surface area contributed by atoms with Crippen LogP contribution in [0.5, 0.6) is 0 Å². The van der Waals surface area contributed by atoms with Gasteiger partial charge < -0.3 is 36.5 Å². The molecule has 0 saturated carbocycles. The van der Waals surface area contributed by atoms with Crippen molar-refractivity contribution in [2.24, 2.45) is 0 Å². The highest BCUT2D eigenvalue weighted by Gasteiger charge is 2.11. The summed E-state index contributed by atoms with van der Waals surface area (Å²) in [6.07, 6.45) is 0. The second kappa shape index (κ2) is 10.5. The smallest absolute Gasteiger partial charge is 0.163 e. The van der Waals surface area contributed by atoms with E-state index in [0.717, 1.165) is 16.7 Å². The largest absolute Gasteiger partial charge is 0.628 e.